The lowest BCUT2D eigenvalue weighted by atomic mass is 10.2. The van der Waals surface area contributed by atoms with Gasteiger partial charge in [-0.15, -0.1) is 0 Å². The fourth-order valence-electron chi connectivity index (χ4n) is 1.44. The van der Waals surface area contributed by atoms with Crippen molar-refractivity contribution in [3.8, 4) is 0 Å². The molecule has 0 atom stereocenters. The van der Waals surface area contributed by atoms with Gasteiger partial charge in [0, 0.05) is 16.4 Å². The number of rotatable bonds is 2. The molecule has 0 saturated heterocycles. The summed E-state index contributed by atoms with van der Waals surface area (Å²) >= 11 is 9.25. The van der Waals surface area contributed by atoms with E-state index in [0.717, 1.165) is 21.1 Å². The van der Waals surface area contributed by atoms with Crippen molar-refractivity contribution in [3.63, 3.8) is 0 Å². The van der Waals surface area contributed by atoms with Crippen LogP contribution in [0.15, 0.2) is 22.7 Å². The maximum atomic E-state index is 5.85. The van der Waals surface area contributed by atoms with Crippen molar-refractivity contribution in [1.82, 2.24) is 15.3 Å². The summed E-state index contributed by atoms with van der Waals surface area (Å²) in [7, 11) is 1.88. The van der Waals surface area contributed by atoms with Gasteiger partial charge in [-0.3, -0.25) is 0 Å². The van der Waals surface area contributed by atoms with E-state index in [9.17, 15) is 0 Å². The van der Waals surface area contributed by atoms with E-state index in [1.165, 1.54) is 0 Å². The number of halogens is 2. The van der Waals surface area contributed by atoms with Crippen molar-refractivity contribution < 1.29 is 0 Å². The first kappa shape index (κ1) is 10.8. The average Bonchev–Trinajstić information content (AvgIpc) is 2.17. The molecule has 5 heteroatoms. The van der Waals surface area contributed by atoms with Crippen LogP contribution in [0.5, 0.6) is 0 Å². The highest BCUT2D eigenvalue weighted by molar-refractivity contribution is 9.10. The standard InChI is InChI=1S/C10H9BrClN3/c1-13-5-9-7-3-2-6(11)4-8(7)14-10(12)15-9/h2-4,13H,5H2,1H3. The van der Waals surface area contributed by atoms with Crippen molar-refractivity contribution >= 4 is 38.4 Å². The van der Waals surface area contributed by atoms with E-state index >= 15 is 0 Å². The Morgan fingerprint density at radius 3 is 2.93 bits per heavy atom. The normalized spacial score (nSPS) is 10.9. The molecule has 2 rings (SSSR count). The number of aromatic nitrogens is 2. The van der Waals surface area contributed by atoms with Crippen LogP contribution in [-0.4, -0.2) is 17.0 Å². The number of fused-ring (bicyclic) bond motifs is 1. The molecular weight excluding hydrogens is 277 g/mol. The quantitative estimate of drug-likeness (QED) is 0.863. The van der Waals surface area contributed by atoms with Gasteiger partial charge < -0.3 is 5.32 Å². The molecule has 0 aliphatic rings. The van der Waals surface area contributed by atoms with Gasteiger partial charge in [0.25, 0.3) is 0 Å². The lowest BCUT2D eigenvalue weighted by molar-refractivity contribution is 0.795. The Kier molecular flexibility index (Phi) is 3.19. The second kappa shape index (κ2) is 4.43. The van der Waals surface area contributed by atoms with Crippen LogP contribution in [0.1, 0.15) is 5.69 Å². The van der Waals surface area contributed by atoms with Crippen molar-refractivity contribution in [1.29, 1.82) is 0 Å². The number of nitrogens with one attached hydrogen (secondary N) is 1. The maximum Gasteiger partial charge on any atom is 0.223 e. The third kappa shape index (κ3) is 2.27. The summed E-state index contributed by atoms with van der Waals surface area (Å²) in [5, 5.41) is 4.37. The first-order valence-corrected chi connectivity index (χ1v) is 5.64. The predicted octanol–water partition coefficient (Wildman–Crippen LogP) is 2.77. The van der Waals surface area contributed by atoms with Gasteiger partial charge in [0.15, 0.2) is 0 Å². The van der Waals surface area contributed by atoms with Crippen molar-refractivity contribution in [2.45, 2.75) is 6.54 Å². The Balaban J connectivity index is 2.68. The number of hydrogen-bond acceptors (Lipinski definition) is 3. The minimum atomic E-state index is 0.283. The summed E-state index contributed by atoms with van der Waals surface area (Å²) in [6.45, 7) is 0.681. The van der Waals surface area contributed by atoms with E-state index in [1.807, 2.05) is 25.2 Å². The molecule has 0 fully saturated rings. The van der Waals surface area contributed by atoms with Gasteiger partial charge in [-0.2, -0.15) is 0 Å². The Morgan fingerprint density at radius 1 is 1.40 bits per heavy atom. The fourth-order valence-corrected chi connectivity index (χ4v) is 1.98. The molecule has 3 nitrogen and oxygen atoms in total. The van der Waals surface area contributed by atoms with Crippen LogP contribution in [0.4, 0.5) is 0 Å². The van der Waals surface area contributed by atoms with Crippen LogP contribution in [-0.2, 0) is 6.54 Å². The van der Waals surface area contributed by atoms with E-state index in [0.29, 0.717) is 6.54 Å². The molecule has 1 heterocycles. The van der Waals surface area contributed by atoms with Crippen molar-refractivity contribution in [2.24, 2.45) is 0 Å². The lowest BCUT2D eigenvalue weighted by Crippen LogP contribution is -2.08. The molecule has 0 spiro atoms. The zero-order valence-electron chi connectivity index (χ0n) is 8.09. The van der Waals surface area contributed by atoms with Crippen LogP contribution in [0.3, 0.4) is 0 Å². The Hall–Kier alpha value is -0.710. The van der Waals surface area contributed by atoms with Gasteiger partial charge in [-0.1, -0.05) is 15.9 Å². The van der Waals surface area contributed by atoms with Crippen LogP contribution < -0.4 is 5.32 Å². The highest BCUT2D eigenvalue weighted by atomic mass is 79.9. The molecule has 0 radical (unpaired) electrons. The van der Waals surface area contributed by atoms with Crippen LogP contribution in [0.2, 0.25) is 5.28 Å². The smallest absolute Gasteiger partial charge is 0.223 e. The second-order valence-corrected chi connectivity index (χ2v) is 4.38. The molecule has 1 aromatic carbocycles. The average molecular weight is 287 g/mol. The summed E-state index contributed by atoms with van der Waals surface area (Å²) in [6, 6.07) is 5.89. The van der Waals surface area contributed by atoms with E-state index in [2.05, 4.69) is 31.2 Å². The SMILES string of the molecule is CNCc1nc(Cl)nc2cc(Br)ccc12. The van der Waals surface area contributed by atoms with Gasteiger partial charge in [0.2, 0.25) is 5.28 Å². The number of benzene rings is 1. The first-order chi connectivity index (χ1) is 7.20. The molecule has 0 amide bonds. The molecular formula is C10H9BrClN3. The zero-order valence-corrected chi connectivity index (χ0v) is 10.4. The van der Waals surface area contributed by atoms with E-state index < -0.39 is 0 Å². The lowest BCUT2D eigenvalue weighted by Gasteiger charge is -2.05. The second-order valence-electron chi connectivity index (χ2n) is 3.13. The summed E-state index contributed by atoms with van der Waals surface area (Å²) < 4.78 is 0.986. The van der Waals surface area contributed by atoms with Gasteiger partial charge in [0.1, 0.15) is 0 Å². The zero-order chi connectivity index (χ0) is 10.8. The molecule has 0 aliphatic heterocycles. The minimum absolute atomic E-state index is 0.283. The van der Waals surface area contributed by atoms with Crippen molar-refractivity contribution in [3.05, 3.63) is 33.6 Å². The molecule has 78 valence electrons. The van der Waals surface area contributed by atoms with E-state index in [4.69, 9.17) is 11.6 Å². The van der Waals surface area contributed by atoms with Crippen LogP contribution in [0, 0.1) is 0 Å². The van der Waals surface area contributed by atoms with Crippen LogP contribution >= 0.6 is 27.5 Å². The van der Waals surface area contributed by atoms with Gasteiger partial charge in [0.05, 0.1) is 11.2 Å². The molecule has 0 aliphatic carbocycles. The molecule has 0 bridgehead atoms. The van der Waals surface area contributed by atoms with Gasteiger partial charge in [-0.25, -0.2) is 9.97 Å². The number of nitrogens with zero attached hydrogens (tertiary/aromatic N) is 2. The monoisotopic (exact) mass is 285 g/mol. The van der Waals surface area contributed by atoms with E-state index in [1.54, 1.807) is 0 Å². The largest absolute Gasteiger partial charge is 0.314 e. The van der Waals surface area contributed by atoms with Crippen LogP contribution in [0.25, 0.3) is 10.9 Å². The minimum Gasteiger partial charge on any atom is -0.314 e. The number of hydrogen-bond donors (Lipinski definition) is 1. The van der Waals surface area contributed by atoms with Gasteiger partial charge in [-0.05, 0) is 36.8 Å². The maximum absolute atomic E-state index is 5.85. The molecule has 2 aromatic rings. The third-order valence-electron chi connectivity index (χ3n) is 2.05. The Morgan fingerprint density at radius 2 is 2.20 bits per heavy atom. The molecule has 0 saturated carbocycles. The molecule has 1 aromatic heterocycles. The van der Waals surface area contributed by atoms with Crippen molar-refractivity contribution in [2.75, 3.05) is 7.05 Å². The Labute approximate surface area is 101 Å². The summed E-state index contributed by atoms with van der Waals surface area (Å²) in [4.78, 5) is 8.37. The molecule has 0 unspecified atom stereocenters. The summed E-state index contributed by atoms with van der Waals surface area (Å²) in [6.07, 6.45) is 0. The first-order valence-electron chi connectivity index (χ1n) is 4.47. The highest BCUT2D eigenvalue weighted by Crippen LogP contribution is 2.21. The fraction of sp³-hybridized carbons (Fsp3) is 0.200. The van der Waals surface area contributed by atoms with E-state index in [-0.39, 0.29) is 5.28 Å². The third-order valence-corrected chi connectivity index (χ3v) is 2.72. The summed E-state index contributed by atoms with van der Waals surface area (Å²) in [5.74, 6) is 0. The topological polar surface area (TPSA) is 37.8 Å². The molecule has 15 heavy (non-hydrogen) atoms. The molecule has 1 N–H and O–H groups in total. The van der Waals surface area contributed by atoms with Gasteiger partial charge >= 0.3 is 0 Å². The Bertz CT molecular complexity index is 496. The summed E-state index contributed by atoms with van der Waals surface area (Å²) in [5.41, 5.74) is 1.77. The highest BCUT2D eigenvalue weighted by Gasteiger charge is 2.05. The predicted molar refractivity (Wildman–Crippen MR) is 65.0 cm³/mol.